The van der Waals surface area contributed by atoms with Crippen LogP contribution in [0.4, 0.5) is 17.1 Å². The maximum Gasteiger partial charge on any atom is 0.0727 e. The van der Waals surface area contributed by atoms with Gasteiger partial charge in [-0.3, -0.25) is 0 Å². The molecule has 0 aliphatic carbocycles. The summed E-state index contributed by atoms with van der Waals surface area (Å²) in [6, 6.07) is 79.1. The van der Waals surface area contributed by atoms with Crippen LogP contribution in [0.25, 0.3) is 81.0 Å². The molecule has 0 aliphatic heterocycles. The molecule has 0 amide bonds. The molecule has 11 aromatic rings. The summed E-state index contributed by atoms with van der Waals surface area (Å²) in [7, 11) is 0. The Hall–Kier alpha value is -7.20. The molecule has 2 heterocycles. The summed E-state index contributed by atoms with van der Waals surface area (Å²) in [6.45, 7) is 0. The fraction of sp³-hybridized carbons (Fsp3) is 0. The van der Waals surface area contributed by atoms with Gasteiger partial charge in [-0.05, 0) is 93.4 Å². The molecule has 0 bridgehead atoms. The Kier molecular flexibility index (Phi) is 8.04. The molecule has 0 fully saturated rings. The second kappa shape index (κ2) is 13.8. The van der Waals surface area contributed by atoms with Crippen LogP contribution in [-0.2, 0) is 0 Å². The van der Waals surface area contributed by atoms with E-state index in [1.54, 1.807) is 0 Å². The summed E-state index contributed by atoms with van der Waals surface area (Å²) < 4.78 is 5.14. The third-order valence-corrected chi connectivity index (χ3v) is 12.4. The van der Waals surface area contributed by atoms with Crippen molar-refractivity contribution in [2.45, 2.75) is 0 Å². The van der Waals surface area contributed by atoms with E-state index < -0.39 is 0 Å². The average molecular weight is 745 g/mol. The minimum Gasteiger partial charge on any atom is -0.311 e. The van der Waals surface area contributed by atoms with Gasteiger partial charge in [-0.15, -0.1) is 11.3 Å². The summed E-state index contributed by atoms with van der Waals surface area (Å²) in [5.74, 6) is 0. The van der Waals surface area contributed by atoms with E-state index in [1.807, 2.05) is 11.3 Å². The van der Waals surface area contributed by atoms with Gasteiger partial charge < -0.3 is 9.47 Å². The number of aromatic nitrogens is 1. The molecule has 0 saturated heterocycles. The lowest BCUT2D eigenvalue weighted by molar-refractivity contribution is 1.21. The van der Waals surface area contributed by atoms with Crippen LogP contribution in [0.1, 0.15) is 0 Å². The number of nitrogens with zero attached hydrogens (tertiary/aromatic N) is 2. The molecule has 2 aromatic heterocycles. The summed E-state index contributed by atoms with van der Waals surface area (Å²) in [5, 5.41) is 5.06. The highest BCUT2D eigenvalue weighted by atomic mass is 32.1. The minimum absolute atomic E-state index is 1.10. The molecule has 2 nitrogen and oxygen atoms in total. The first-order valence-electron chi connectivity index (χ1n) is 19.4. The molecule has 268 valence electrons. The van der Waals surface area contributed by atoms with E-state index in [0.717, 1.165) is 17.1 Å². The lowest BCUT2D eigenvalue weighted by atomic mass is 9.96. The molecule has 0 spiro atoms. The molecular weight excluding hydrogens is 709 g/mol. The number of benzene rings is 9. The van der Waals surface area contributed by atoms with E-state index in [0.29, 0.717) is 0 Å². The van der Waals surface area contributed by atoms with Crippen molar-refractivity contribution < 1.29 is 0 Å². The summed E-state index contributed by atoms with van der Waals surface area (Å²) in [4.78, 5) is 2.35. The Bertz CT molecular complexity index is 3110. The van der Waals surface area contributed by atoms with Crippen molar-refractivity contribution in [3.63, 3.8) is 0 Å². The zero-order valence-electron chi connectivity index (χ0n) is 31.1. The Balaban J connectivity index is 1.01. The summed E-state index contributed by atoms with van der Waals surface area (Å²) >= 11 is 1.89. The molecule has 9 aromatic carbocycles. The summed E-state index contributed by atoms with van der Waals surface area (Å²) in [6.07, 6.45) is 0. The van der Waals surface area contributed by atoms with Crippen LogP contribution in [0, 0.1) is 0 Å². The van der Waals surface area contributed by atoms with Crippen molar-refractivity contribution in [3.05, 3.63) is 218 Å². The molecule has 0 aliphatic rings. The first kappa shape index (κ1) is 33.2. The van der Waals surface area contributed by atoms with E-state index in [4.69, 9.17) is 0 Å². The van der Waals surface area contributed by atoms with Gasteiger partial charge in [0.05, 0.1) is 21.4 Å². The van der Waals surface area contributed by atoms with Gasteiger partial charge in [0.1, 0.15) is 0 Å². The van der Waals surface area contributed by atoms with E-state index in [9.17, 15) is 0 Å². The van der Waals surface area contributed by atoms with Crippen LogP contribution < -0.4 is 4.90 Å². The summed E-state index contributed by atoms with van der Waals surface area (Å²) in [5.41, 5.74) is 14.3. The van der Waals surface area contributed by atoms with Crippen LogP contribution in [0.2, 0.25) is 0 Å². The SMILES string of the molecule is c1ccc(-c2ccc(N(c3ccc(-c4ccccc4)cc3)c3ccc(-c4ccc(-n5c6ccccc6c6sc7ccccc7c65)c5ccccc45)cc3)cc2)cc1. The Morgan fingerprint density at radius 2 is 0.789 bits per heavy atom. The minimum atomic E-state index is 1.10. The van der Waals surface area contributed by atoms with Gasteiger partial charge in [0.25, 0.3) is 0 Å². The van der Waals surface area contributed by atoms with Crippen LogP contribution in [0.15, 0.2) is 218 Å². The second-order valence-corrected chi connectivity index (χ2v) is 15.6. The van der Waals surface area contributed by atoms with E-state index in [-0.39, 0.29) is 0 Å². The molecule has 0 N–H and O–H groups in total. The van der Waals surface area contributed by atoms with Crippen molar-refractivity contribution in [1.82, 2.24) is 4.57 Å². The lowest BCUT2D eigenvalue weighted by Gasteiger charge is -2.26. The standard InChI is InChI=1S/C54H36N2S/c1-3-13-37(14-4-1)39-23-29-42(30-24-39)55(43-31-25-40(26-32-43)38-15-5-2-6-16-38)44-33-27-41(28-34-44)45-35-36-51(47-18-8-7-17-46(45)47)56-50-21-11-9-19-48(50)54-53(56)49-20-10-12-22-52(49)57-54/h1-36H. The molecule has 11 rings (SSSR count). The topological polar surface area (TPSA) is 8.17 Å². The highest BCUT2D eigenvalue weighted by molar-refractivity contribution is 7.26. The van der Waals surface area contributed by atoms with Gasteiger partial charge in [0.15, 0.2) is 0 Å². The largest absolute Gasteiger partial charge is 0.311 e. The number of hydrogen-bond acceptors (Lipinski definition) is 2. The highest BCUT2D eigenvalue weighted by Crippen LogP contribution is 2.45. The highest BCUT2D eigenvalue weighted by Gasteiger charge is 2.20. The second-order valence-electron chi connectivity index (χ2n) is 14.5. The molecule has 0 unspecified atom stereocenters. The first-order valence-corrected chi connectivity index (χ1v) is 20.2. The van der Waals surface area contributed by atoms with Gasteiger partial charge in [-0.2, -0.15) is 0 Å². The lowest BCUT2D eigenvalue weighted by Crippen LogP contribution is -2.09. The number of rotatable bonds is 7. The smallest absolute Gasteiger partial charge is 0.0727 e. The number of para-hydroxylation sites is 1. The van der Waals surface area contributed by atoms with Crippen molar-refractivity contribution in [1.29, 1.82) is 0 Å². The average Bonchev–Trinajstić information content (AvgIpc) is 3.82. The molecule has 0 radical (unpaired) electrons. The van der Waals surface area contributed by atoms with E-state index >= 15 is 0 Å². The van der Waals surface area contributed by atoms with Gasteiger partial charge in [-0.1, -0.05) is 164 Å². The zero-order valence-corrected chi connectivity index (χ0v) is 31.9. The molecule has 3 heteroatoms. The number of thiophene rings is 1. The maximum absolute atomic E-state index is 2.49. The number of anilines is 3. The molecular formula is C54H36N2S. The van der Waals surface area contributed by atoms with Gasteiger partial charge in [0, 0.05) is 37.9 Å². The van der Waals surface area contributed by atoms with Crippen LogP contribution >= 0.6 is 11.3 Å². The monoisotopic (exact) mass is 744 g/mol. The molecule has 0 atom stereocenters. The number of fused-ring (bicyclic) bond motifs is 6. The van der Waals surface area contributed by atoms with Crippen LogP contribution in [0.5, 0.6) is 0 Å². The van der Waals surface area contributed by atoms with Crippen molar-refractivity contribution in [2.75, 3.05) is 4.90 Å². The molecule has 0 saturated carbocycles. The fourth-order valence-corrected chi connectivity index (χ4v) is 9.72. The zero-order chi connectivity index (χ0) is 37.7. The van der Waals surface area contributed by atoms with Gasteiger partial charge in [-0.25, -0.2) is 0 Å². The fourth-order valence-electron chi connectivity index (χ4n) is 8.50. The van der Waals surface area contributed by atoms with Crippen LogP contribution in [-0.4, -0.2) is 4.57 Å². The van der Waals surface area contributed by atoms with Crippen molar-refractivity contribution in [2.24, 2.45) is 0 Å². The normalized spacial score (nSPS) is 11.5. The third kappa shape index (κ3) is 5.71. The maximum atomic E-state index is 2.49. The third-order valence-electron chi connectivity index (χ3n) is 11.2. The van der Waals surface area contributed by atoms with Gasteiger partial charge in [0.2, 0.25) is 0 Å². The van der Waals surface area contributed by atoms with E-state index in [2.05, 4.69) is 228 Å². The Morgan fingerprint density at radius 1 is 0.333 bits per heavy atom. The van der Waals surface area contributed by atoms with E-state index in [1.165, 1.54) is 81.0 Å². The van der Waals surface area contributed by atoms with Crippen molar-refractivity contribution in [3.8, 4) is 39.1 Å². The molecule has 57 heavy (non-hydrogen) atoms. The van der Waals surface area contributed by atoms with Gasteiger partial charge >= 0.3 is 0 Å². The quantitative estimate of drug-likeness (QED) is 0.158. The predicted molar refractivity (Wildman–Crippen MR) is 245 cm³/mol. The number of hydrogen-bond donors (Lipinski definition) is 0. The Labute approximate surface area is 335 Å². The predicted octanol–water partition coefficient (Wildman–Crippen LogP) is 15.6. The van der Waals surface area contributed by atoms with Crippen molar-refractivity contribution >= 4 is 70.4 Å². The first-order chi connectivity index (χ1) is 28.3. The van der Waals surface area contributed by atoms with Crippen LogP contribution in [0.3, 0.4) is 0 Å². The Morgan fingerprint density at radius 3 is 1.39 bits per heavy atom.